The number of nitrogens with one attached hydrogen (secondary N) is 1. The zero-order chi connectivity index (χ0) is 25.9. The smallest absolute Gasteiger partial charge is 0.165 e. The maximum Gasteiger partial charge on any atom is 0.165 e. The quantitative estimate of drug-likeness (QED) is 0.267. The van der Waals surface area contributed by atoms with Crippen molar-refractivity contribution in [2.24, 2.45) is 5.92 Å². The molecule has 0 atom stereocenters. The summed E-state index contributed by atoms with van der Waals surface area (Å²) in [5.41, 5.74) is 2.35. The Morgan fingerprint density at radius 2 is 2.00 bits per heavy atom. The van der Waals surface area contributed by atoms with Crippen molar-refractivity contribution in [3.05, 3.63) is 82.0 Å². The van der Waals surface area contributed by atoms with Gasteiger partial charge in [0, 0.05) is 42.7 Å². The van der Waals surface area contributed by atoms with Gasteiger partial charge in [0.1, 0.15) is 23.6 Å². The molecular weight excluding hydrogens is 516 g/mol. The fourth-order valence-electron chi connectivity index (χ4n) is 4.17. The van der Waals surface area contributed by atoms with Gasteiger partial charge >= 0.3 is 0 Å². The molecular formula is C27H22Cl2FN5O2. The lowest BCUT2D eigenvalue weighted by atomic mass is 10.0. The number of aromatic nitrogens is 2. The van der Waals surface area contributed by atoms with E-state index in [4.69, 9.17) is 32.7 Å². The standard InChI is InChI=1S/C27H22Cl2FN5O2/c1-35-12-16(13-35)14-37-25-9-24-20(8-22(25)30)27(17(10-31)11-32-24)34-23-6-5-19(7-21(23)28)36-15-18-3-2-4-26(29)33-18/h2-9,11,16H,12-15H2,1H3,(H,32,34). The summed E-state index contributed by atoms with van der Waals surface area (Å²) in [6.07, 6.45) is 1.44. The van der Waals surface area contributed by atoms with Crippen molar-refractivity contribution in [1.82, 2.24) is 14.9 Å². The number of nitriles is 1. The van der Waals surface area contributed by atoms with Gasteiger partial charge < -0.3 is 19.7 Å². The lowest BCUT2D eigenvalue weighted by Gasteiger charge is -2.35. The molecule has 0 unspecified atom stereocenters. The number of hydrogen-bond acceptors (Lipinski definition) is 7. The van der Waals surface area contributed by atoms with Gasteiger partial charge in [0.05, 0.1) is 39.8 Å². The number of rotatable bonds is 8. The Hall–Kier alpha value is -3.64. The van der Waals surface area contributed by atoms with Crippen LogP contribution in [-0.2, 0) is 6.61 Å². The summed E-state index contributed by atoms with van der Waals surface area (Å²) in [5, 5.41) is 14.0. The van der Waals surface area contributed by atoms with Crippen LogP contribution in [0.3, 0.4) is 0 Å². The van der Waals surface area contributed by atoms with Crippen LogP contribution >= 0.6 is 23.2 Å². The summed E-state index contributed by atoms with van der Waals surface area (Å²) in [4.78, 5) is 10.7. The highest BCUT2D eigenvalue weighted by Gasteiger charge is 2.24. The molecule has 7 nitrogen and oxygen atoms in total. The molecule has 1 saturated heterocycles. The Morgan fingerprint density at radius 1 is 1.16 bits per heavy atom. The molecule has 188 valence electrons. The monoisotopic (exact) mass is 537 g/mol. The highest BCUT2D eigenvalue weighted by Crippen LogP contribution is 2.36. The van der Waals surface area contributed by atoms with Crippen molar-refractivity contribution in [2.75, 3.05) is 32.1 Å². The number of benzene rings is 2. The number of nitrogens with zero attached hydrogens (tertiary/aromatic N) is 4. The second-order valence-corrected chi connectivity index (χ2v) is 9.66. The summed E-state index contributed by atoms with van der Waals surface area (Å²) >= 11 is 12.4. The third-order valence-electron chi connectivity index (χ3n) is 6.02. The summed E-state index contributed by atoms with van der Waals surface area (Å²) in [6, 6.07) is 15.4. The first-order chi connectivity index (χ1) is 17.9. The van der Waals surface area contributed by atoms with Crippen LogP contribution in [0.2, 0.25) is 10.2 Å². The summed E-state index contributed by atoms with van der Waals surface area (Å²) in [7, 11) is 2.03. The maximum absolute atomic E-state index is 15.0. The van der Waals surface area contributed by atoms with Crippen LogP contribution in [-0.4, -0.2) is 41.6 Å². The first-order valence-electron chi connectivity index (χ1n) is 11.5. The van der Waals surface area contributed by atoms with Crippen LogP contribution in [0.15, 0.2) is 54.7 Å². The van der Waals surface area contributed by atoms with Crippen LogP contribution in [0.25, 0.3) is 10.9 Å². The van der Waals surface area contributed by atoms with Gasteiger partial charge in [-0.2, -0.15) is 5.26 Å². The van der Waals surface area contributed by atoms with E-state index in [9.17, 15) is 9.65 Å². The molecule has 37 heavy (non-hydrogen) atoms. The minimum absolute atomic E-state index is 0.138. The van der Waals surface area contributed by atoms with Crippen LogP contribution in [0, 0.1) is 23.1 Å². The Balaban J connectivity index is 1.36. The Kier molecular flexibility index (Phi) is 7.28. The van der Waals surface area contributed by atoms with Crippen molar-refractivity contribution >= 4 is 45.5 Å². The Morgan fingerprint density at radius 3 is 2.73 bits per heavy atom. The molecule has 0 aliphatic carbocycles. The van der Waals surface area contributed by atoms with E-state index < -0.39 is 5.82 Å². The number of ether oxygens (including phenoxy) is 2. The largest absolute Gasteiger partial charge is 0.490 e. The zero-order valence-corrected chi connectivity index (χ0v) is 21.4. The average molecular weight is 538 g/mol. The van der Waals surface area contributed by atoms with Crippen molar-refractivity contribution in [3.63, 3.8) is 0 Å². The predicted octanol–water partition coefficient (Wildman–Crippen LogP) is 6.21. The topological polar surface area (TPSA) is 83.3 Å². The molecule has 0 spiro atoms. The molecule has 0 saturated carbocycles. The lowest BCUT2D eigenvalue weighted by molar-refractivity contribution is 0.0841. The molecule has 1 fully saturated rings. The van der Waals surface area contributed by atoms with E-state index in [0.717, 1.165) is 13.1 Å². The van der Waals surface area contributed by atoms with Crippen LogP contribution in [0.5, 0.6) is 11.5 Å². The number of anilines is 2. The highest BCUT2D eigenvalue weighted by atomic mass is 35.5. The molecule has 3 heterocycles. The van der Waals surface area contributed by atoms with Crippen molar-refractivity contribution in [1.29, 1.82) is 5.26 Å². The fourth-order valence-corrected chi connectivity index (χ4v) is 4.57. The molecule has 4 aromatic rings. The molecule has 2 aromatic heterocycles. The predicted molar refractivity (Wildman–Crippen MR) is 141 cm³/mol. The fraction of sp³-hybridized carbons (Fsp3) is 0.222. The summed E-state index contributed by atoms with van der Waals surface area (Å²) in [6.45, 7) is 2.51. The normalized spacial score (nSPS) is 13.7. The van der Waals surface area contributed by atoms with Gasteiger partial charge in [-0.15, -0.1) is 0 Å². The van der Waals surface area contributed by atoms with Gasteiger partial charge in [0.15, 0.2) is 11.6 Å². The van der Waals surface area contributed by atoms with Gasteiger partial charge in [-0.1, -0.05) is 29.3 Å². The zero-order valence-electron chi connectivity index (χ0n) is 19.8. The van der Waals surface area contributed by atoms with Crippen molar-refractivity contribution < 1.29 is 13.9 Å². The number of fused-ring (bicyclic) bond motifs is 1. The third-order valence-corrected chi connectivity index (χ3v) is 6.54. The second kappa shape index (κ2) is 10.8. The average Bonchev–Trinajstić information content (AvgIpc) is 2.86. The van der Waals surface area contributed by atoms with E-state index in [1.807, 2.05) is 13.1 Å². The molecule has 0 radical (unpaired) electrons. The van der Waals surface area contributed by atoms with Crippen molar-refractivity contribution in [2.45, 2.75) is 6.61 Å². The first kappa shape index (κ1) is 25.0. The summed E-state index contributed by atoms with van der Waals surface area (Å²) < 4.78 is 26.5. The van der Waals surface area contributed by atoms with Gasteiger partial charge in [0.2, 0.25) is 0 Å². The van der Waals surface area contributed by atoms with Gasteiger partial charge in [-0.05, 0) is 37.4 Å². The van der Waals surface area contributed by atoms with E-state index in [2.05, 4.69) is 26.3 Å². The van der Waals surface area contributed by atoms with Crippen LogP contribution in [0.4, 0.5) is 15.8 Å². The molecule has 0 bridgehead atoms. The van der Waals surface area contributed by atoms with Gasteiger partial charge in [-0.3, -0.25) is 4.98 Å². The van der Waals surface area contributed by atoms with E-state index in [-0.39, 0.29) is 17.9 Å². The van der Waals surface area contributed by atoms with E-state index in [1.54, 1.807) is 36.4 Å². The SMILES string of the molecule is CN1CC(COc2cc3ncc(C#N)c(Nc4ccc(OCc5cccc(Cl)n5)cc4Cl)c3cc2F)C1. The molecule has 1 aliphatic rings. The Bertz CT molecular complexity index is 1500. The van der Waals surface area contributed by atoms with Gasteiger partial charge in [0.25, 0.3) is 0 Å². The van der Waals surface area contributed by atoms with E-state index in [1.165, 1.54) is 12.3 Å². The molecule has 1 aliphatic heterocycles. The molecule has 0 amide bonds. The van der Waals surface area contributed by atoms with Crippen LogP contribution < -0.4 is 14.8 Å². The van der Waals surface area contributed by atoms with Gasteiger partial charge in [-0.25, -0.2) is 9.37 Å². The number of likely N-dealkylation sites (tertiary alicyclic amines) is 1. The molecule has 5 rings (SSSR count). The van der Waals surface area contributed by atoms with Crippen LogP contribution in [0.1, 0.15) is 11.3 Å². The number of hydrogen-bond donors (Lipinski definition) is 1. The highest BCUT2D eigenvalue weighted by molar-refractivity contribution is 6.33. The second-order valence-electron chi connectivity index (χ2n) is 8.86. The van der Waals surface area contributed by atoms with E-state index >= 15 is 0 Å². The minimum atomic E-state index is -0.524. The first-order valence-corrected chi connectivity index (χ1v) is 12.3. The lowest BCUT2D eigenvalue weighted by Crippen LogP contribution is -2.46. The maximum atomic E-state index is 15.0. The molecule has 10 heteroatoms. The third kappa shape index (κ3) is 5.70. The number of pyridine rings is 2. The van der Waals surface area contributed by atoms with Crippen molar-refractivity contribution in [3.8, 4) is 17.6 Å². The summed E-state index contributed by atoms with van der Waals surface area (Å²) in [5.74, 6) is 0.522. The molecule has 1 N–H and O–H groups in total. The minimum Gasteiger partial charge on any atom is -0.490 e. The Labute approximate surface area is 223 Å². The number of halogens is 3. The molecule has 2 aromatic carbocycles. The van der Waals surface area contributed by atoms with E-state index in [0.29, 0.717) is 56.4 Å².